The Morgan fingerprint density at radius 3 is 2.56 bits per heavy atom. The zero-order chi connectivity index (χ0) is 17.8. The van der Waals surface area contributed by atoms with E-state index in [1.165, 1.54) is 24.4 Å². The van der Waals surface area contributed by atoms with E-state index in [2.05, 4.69) is 10.3 Å². The smallest absolute Gasteiger partial charge is 0.272 e. The fraction of sp³-hybridized carbons (Fsp3) is 0.235. The third-order valence-corrected chi connectivity index (χ3v) is 3.72. The zero-order valence-electron chi connectivity index (χ0n) is 13.2. The molecule has 1 fully saturated rings. The second-order valence-corrected chi connectivity index (χ2v) is 5.42. The molecule has 0 bridgehead atoms. The molecule has 0 saturated carbocycles. The lowest BCUT2D eigenvalue weighted by Gasteiger charge is -2.26. The summed E-state index contributed by atoms with van der Waals surface area (Å²) in [5.41, 5.74) is 0.443. The first-order chi connectivity index (χ1) is 12.0. The van der Waals surface area contributed by atoms with E-state index in [4.69, 9.17) is 4.74 Å². The van der Waals surface area contributed by atoms with E-state index in [1.807, 2.05) is 0 Å². The third-order valence-electron chi connectivity index (χ3n) is 3.72. The fourth-order valence-corrected chi connectivity index (χ4v) is 2.39. The SMILES string of the molecule is O=C(Nc1ccc(F)c(F)c1)c1ccnc(C(=O)N2CCOCC2)c1. The summed E-state index contributed by atoms with van der Waals surface area (Å²) in [4.78, 5) is 30.3. The summed E-state index contributed by atoms with van der Waals surface area (Å²) in [6.45, 7) is 1.85. The van der Waals surface area contributed by atoms with Crippen LogP contribution in [0, 0.1) is 11.6 Å². The maximum absolute atomic E-state index is 13.2. The van der Waals surface area contributed by atoms with Crippen molar-refractivity contribution in [1.82, 2.24) is 9.88 Å². The van der Waals surface area contributed by atoms with Gasteiger partial charge >= 0.3 is 0 Å². The Labute approximate surface area is 142 Å². The van der Waals surface area contributed by atoms with Crippen molar-refractivity contribution in [2.75, 3.05) is 31.6 Å². The Morgan fingerprint density at radius 2 is 1.84 bits per heavy atom. The number of pyridine rings is 1. The number of rotatable bonds is 3. The summed E-state index contributed by atoms with van der Waals surface area (Å²) in [6.07, 6.45) is 1.35. The van der Waals surface area contributed by atoms with Gasteiger partial charge in [0.05, 0.1) is 13.2 Å². The van der Waals surface area contributed by atoms with Crippen LogP contribution in [0.15, 0.2) is 36.5 Å². The molecule has 1 aliphatic heterocycles. The first kappa shape index (κ1) is 17.0. The van der Waals surface area contributed by atoms with Gasteiger partial charge in [0.15, 0.2) is 11.6 Å². The highest BCUT2D eigenvalue weighted by atomic mass is 19.2. The van der Waals surface area contributed by atoms with Gasteiger partial charge in [0.25, 0.3) is 11.8 Å². The van der Waals surface area contributed by atoms with Crippen LogP contribution in [0.3, 0.4) is 0 Å². The van der Waals surface area contributed by atoms with Crippen molar-refractivity contribution in [3.8, 4) is 0 Å². The average molecular weight is 347 g/mol. The van der Waals surface area contributed by atoms with E-state index in [0.717, 1.165) is 12.1 Å². The highest BCUT2D eigenvalue weighted by Crippen LogP contribution is 2.15. The molecular weight excluding hydrogens is 332 g/mol. The van der Waals surface area contributed by atoms with Crippen molar-refractivity contribution in [2.45, 2.75) is 0 Å². The number of morpholine rings is 1. The van der Waals surface area contributed by atoms with Crippen LogP contribution in [0.1, 0.15) is 20.8 Å². The highest BCUT2D eigenvalue weighted by molar-refractivity contribution is 6.05. The predicted molar refractivity (Wildman–Crippen MR) is 85.3 cm³/mol. The van der Waals surface area contributed by atoms with Crippen LogP contribution in [0.2, 0.25) is 0 Å². The van der Waals surface area contributed by atoms with E-state index in [1.54, 1.807) is 4.90 Å². The maximum atomic E-state index is 13.2. The minimum Gasteiger partial charge on any atom is -0.378 e. The number of carbonyl (C=O) groups is 2. The van der Waals surface area contributed by atoms with Crippen LogP contribution >= 0.6 is 0 Å². The van der Waals surface area contributed by atoms with E-state index in [9.17, 15) is 18.4 Å². The molecular formula is C17H15F2N3O3. The van der Waals surface area contributed by atoms with E-state index < -0.39 is 17.5 Å². The molecule has 25 heavy (non-hydrogen) atoms. The van der Waals surface area contributed by atoms with Gasteiger partial charge in [0.2, 0.25) is 0 Å². The van der Waals surface area contributed by atoms with Crippen molar-refractivity contribution in [2.24, 2.45) is 0 Å². The number of carbonyl (C=O) groups excluding carboxylic acids is 2. The molecule has 0 aliphatic carbocycles. The summed E-state index contributed by atoms with van der Waals surface area (Å²) in [5, 5.41) is 2.45. The summed E-state index contributed by atoms with van der Waals surface area (Å²) in [6, 6.07) is 5.86. The number of benzene rings is 1. The minimum atomic E-state index is -1.06. The molecule has 1 aromatic carbocycles. The summed E-state index contributed by atoms with van der Waals surface area (Å²) >= 11 is 0. The molecule has 2 amide bonds. The number of halogens is 2. The monoisotopic (exact) mass is 347 g/mol. The first-order valence-electron chi connectivity index (χ1n) is 7.64. The lowest BCUT2D eigenvalue weighted by molar-refractivity contribution is 0.0299. The van der Waals surface area contributed by atoms with Crippen molar-refractivity contribution < 1.29 is 23.1 Å². The molecule has 0 unspecified atom stereocenters. The molecule has 1 aromatic heterocycles. The zero-order valence-corrected chi connectivity index (χ0v) is 13.2. The maximum Gasteiger partial charge on any atom is 0.272 e. The number of ether oxygens (including phenoxy) is 1. The Hall–Kier alpha value is -2.87. The Bertz CT molecular complexity index is 807. The molecule has 6 nitrogen and oxygen atoms in total. The minimum absolute atomic E-state index is 0.113. The fourth-order valence-electron chi connectivity index (χ4n) is 2.39. The van der Waals surface area contributed by atoms with Crippen LogP contribution in [-0.2, 0) is 4.74 Å². The van der Waals surface area contributed by atoms with E-state index in [0.29, 0.717) is 26.3 Å². The number of aromatic nitrogens is 1. The van der Waals surface area contributed by atoms with E-state index in [-0.39, 0.29) is 22.9 Å². The Morgan fingerprint density at radius 1 is 1.08 bits per heavy atom. The lowest BCUT2D eigenvalue weighted by Crippen LogP contribution is -2.41. The quantitative estimate of drug-likeness (QED) is 0.923. The molecule has 1 N–H and O–H groups in total. The molecule has 2 aromatic rings. The number of nitrogens with one attached hydrogen (secondary N) is 1. The summed E-state index contributed by atoms with van der Waals surface area (Å²) < 4.78 is 31.3. The molecule has 1 aliphatic rings. The first-order valence-corrected chi connectivity index (χ1v) is 7.64. The van der Waals surface area contributed by atoms with E-state index >= 15 is 0 Å². The lowest BCUT2D eigenvalue weighted by atomic mass is 10.2. The Balaban J connectivity index is 1.74. The molecule has 1 saturated heterocycles. The molecule has 3 rings (SSSR count). The molecule has 2 heterocycles. The van der Waals surface area contributed by atoms with Gasteiger partial charge in [-0.05, 0) is 24.3 Å². The molecule has 0 radical (unpaired) electrons. The second kappa shape index (κ2) is 7.35. The third kappa shape index (κ3) is 3.97. The Kier molecular flexibility index (Phi) is 4.99. The van der Waals surface area contributed by atoms with Crippen LogP contribution in [0.25, 0.3) is 0 Å². The number of anilines is 1. The molecule has 130 valence electrons. The standard InChI is InChI=1S/C17H15F2N3O3/c18-13-2-1-12(10-14(13)19)21-16(23)11-3-4-20-15(9-11)17(24)22-5-7-25-8-6-22/h1-4,9-10H,5-8H2,(H,21,23). The predicted octanol–water partition coefficient (Wildman–Crippen LogP) is 2.08. The topological polar surface area (TPSA) is 71.5 Å². The van der Waals surface area contributed by atoms with Gasteiger partial charge < -0.3 is 15.0 Å². The van der Waals surface area contributed by atoms with Crippen molar-refractivity contribution >= 4 is 17.5 Å². The normalized spacial score (nSPS) is 14.2. The summed E-state index contributed by atoms with van der Waals surface area (Å²) in [5.74, 6) is -2.90. The van der Waals surface area contributed by atoms with Crippen LogP contribution in [-0.4, -0.2) is 48.0 Å². The number of nitrogens with zero attached hydrogens (tertiary/aromatic N) is 2. The molecule has 0 spiro atoms. The number of hydrogen-bond acceptors (Lipinski definition) is 4. The van der Waals surface area contributed by atoms with Crippen LogP contribution < -0.4 is 5.32 Å². The van der Waals surface area contributed by atoms with Gasteiger partial charge in [0.1, 0.15) is 5.69 Å². The highest BCUT2D eigenvalue weighted by Gasteiger charge is 2.20. The number of amides is 2. The van der Waals surface area contributed by atoms with Gasteiger partial charge in [0, 0.05) is 36.6 Å². The van der Waals surface area contributed by atoms with Crippen LogP contribution in [0.5, 0.6) is 0 Å². The molecule has 8 heteroatoms. The molecule has 0 atom stereocenters. The van der Waals surface area contributed by atoms with Gasteiger partial charge in [-0.15, -0.1) is 0 Å². The van der Waals surface area contributed by atoms with Crippen molar-refractivity contribution in [1.29, 1.82) is 0 Å². The van der Waals surface area contributed by atoms with Crippen molar-refractivity contribution in [3.05, 3.63) is 59.4 Å². The largest absolute Gasteiger partial charge is 0.378 e. The number of hydrogen-bond donors (Lipinski definition) is 1. The second-order valence-electron chi connectivity index (χ2n) is 5.42. The summed E-state index contributed by atoms with van der Waals surface area (Å²) in [7, 11) is 0. The van der Waals surface area contributed by atoms with Gasteiger partial charge in [-0.2, -0.15) is 0 Å². The average Bonchev–Trinajstić information content (AvgIpc) is 2.65. The van der Waals surface area contributed by atoms with Gasteiger partial charge in [-0.3, -0.25) is 14.6 Å². The van der Waals surface area contributed by atoms with Gasteiger partial charge in [-0.1, -0.05) is 0 Å². The van der Waals surface area contributed by atoms with Gasteiger partial charge in [-0.25, -0.2) is 8.78 Å². The van der Waals surface area contributed by atoms with Crippen LogP contribution in [0.4, 0.5) is 14.5 Å². The van der Waals surface area contributed by atoms with Crippen molar-refractivity contribution in [3.63, 3.8) is 0 Å².